The van der Waals surface area contributed by atoms with Crippen molar-refractivity contribution in [3.63, 3.8) is 0 Å². The van der Waals surface area contributed by atoms with Gasteiger partial charge in [0, 0.05) is 16.4 Å². The van der Waals surface area contributed by atoms with E-state index < -0.39 is 15.9 Å². The van der Waals surface area contributed by atoms with Crippen LogP contribution in [-0.2, 0) is 15.6 Å². The molecule has 8 heteroatoms. The van der Waals surface area contributed by atoms with Gasteiger partial charge in [0.2, 0.25) is 0 Å². The molecule has 0 unspecified atom stereocenters. The quantitative estimate of drug-likeness (QED) is 0.311. The number of hydrogen-bond donors (Lipinski definition) is 2. The second-order valence-corrected chi connectivity index (χ2v) is 9.94. The molecule has 172 valence electrons. The van der Waals surface area contributed by atoms with Crippen molar-refractivity contribution < 1.29 is 17.6 Å². The van der Waals surface area contributed by atoms with Crippen molar-refractivity contribution >= 4 is 38.8 Å². The third-order valence-corrected chi connectivity index (χ3v) is 7.07. The van der Waals surface area contributed by atoms with Gasteiger partial charge in [-0.1, -0.05) is 60.1 Å². The largest absolute Gasteiger partial charge is 0.323 e. The lowest BCUT2D eigenvalue weighted by atomic mass is 10.1. The molecule has 4 rings (SSSR count). The van der Waals surface area contributed by atoms with Gasteiger partial charge in [0.25, 0.3) is 0 Å². The summed E-state index contributed by atoms with van der Waals surface area (Å²) < 4.78 is 39.3. The highest BCUT2D eigenvalue weighted by atomic mass is 35.5. The van der Waals surface area contributed by atoms with Gasteiger partial charge in [-0.05, 0) is 65.2 Å². The summed E-state index contributed by atoms with van der Waals surface area (Å²) in [5.41, 5.74) is 2.84. The van der Waals surface area contributed by atoms with Gasteiger partial charge in [-0.25, -0.2) is 17.6 Å². The zero-order valence-corrected chi connectivity index (χ0v) is 19.4. The minimum Gasteiger partial charge on any atom is -0.308 e. The second kappa shape index (κ2) is 10.1. The average Bonchev–Trinajstić information content (AvgIpc) is 2.82. The number of carbonyl (C=O) groups is 1. The van der Waals surface area contributed by atoms with E-state index in [4.69, 9.17) is 11.6 Å². The van der Waals surface area contributed by atoms with Crippen LogP contribution in [0, 0.1) is 5.82 Å². The summed E-state index contributed by atoms with van der Waals surface area (Å²) in [5, 5.41) is 5.59. The minimum atomic E-state index is -3.71. The number of carbonyl (C=O) groups excluding carboxylic acids is 1. The molecular formula is C26H20ClFN2O3S. The van der Waals surface area contributed by atoms with E-state index >= 15 is 0 Å². The molecule has 0 bridgehead atoms. The molecule has 2 N–H and O–H groups in total. The summed E-state index contributed by atoms with van der Waals surface area (Å²) in [6, 6.07) is 25.5. The van der Waals surface area contributed by atoms with E-state index in [0.717, 1.165) is 0 Å². The molecule has 0 aliphatic carbocycles. The Morgan fingerprint density at radius 2 is 1.47 bits per heavy atom. The maximum atomic E-state index is 13.2. The fourth-order valence-electron chi connectivity index (χ4n) is 3.36. The monoisotopic (exact) mass is 494 g/mol. The van der Waals surface area contributed by atoms with Gasteiger partial charge in [-0.3, -0.25) is 0 Å². The predicted molar refractivity (Wildman–Crippen MR) is 133 cm³/mol. The molecule has 0 spiro atoms. The highest BCUT2D eigenvalue weighted by molar-refractivity contribution is 7.90. The topological polar surface area (TPSA) is 75.3 Å². The first-order valence-electron chi connectivity index (χ1n) is 10.3. The molecule has 0 fully saturated rings. The number of hydrogen-bond acceptors (Lipinski definition) is 3. The Balaban J connectivity index is 1.48. The fourth-order valence-corrected chi connectivity index (χ4v) is 5.10. The number of halogens is 2. The highest BCUT2D eigenvalue weighted by Gasteiger charge is 2.18. The van der Waals surface area contributed by atoms with Crippen molar-refractivity contribution in [2.24, 2.45) is 0 Å². The normalized spacial score (nSPS) is 11.1. The number of urea groups is 1. The average molecular weight is 495 g/mol. The van der Waals surface area contributed by atoms with Gasteiger partial charge in [0.15, 0.2) is 9.84 Å². The zero-order chi connectivity index (χ0) is 24.1. The molecule has 0 atom stereocenters. The van der Waals surface area contributed by atoms with Crippen molar-refractivity contribution in [2.75, 3.05) is 10.6 Å². The van der Waals surface area contributed by atoms with Crippen LogP contribution in [-0.4, -0.2) is 14.4 Å². The molecule has 34 heavy (non-hydrogen) atoms. The van der Waals surface area contributed by atoms with Gasteiger partial charge in [-0.15, -0.1) is 0 Å². The van der Waals surface area contributed by atoms with Crippen LogP contribution in [0.25, 0.3) is 11.1 Å². The van der Waals surface area contributed by atoms with E-state index in [0.29, 0.717) is 28.1 Å². The van der Waals surface area contributed by atoms with Crippen molar-refractivity contribution in [3.8, 4) is 11.1 Å². The number of para-hydroxylation sites is 1. The number of anilines is 2. The lowest BCUT2D eigenvalue weighted by molar-refractivity contribution is 0.262. The van der Waals surface area contributed by atoms with Crippen LogP contribution in [0.1, 0.15) is 5.56 Å². The maximum absolute atomic E-state index is 13.2. The van der Waals surface area contributed by atoms with Crippen LogP contribution in [0.3, 0.4) is 0 Å². The predicted octanol–water partition coefficient (Wildman–Crippen LogP) is 6.76. The zero-order valence-electron chi connectivity index (χ0n) is 17.8. The van der Waals surface area contributed by atoms with Crippen LogP contribution >= 0.6 is 11.6 Å². The Bertz CT molecular complexity index is 1430. The molecular weight excluding hydrogens is 475 g/mol. The molecule has 0 aromatic heterocycles. The van der Waals surface area contributed by atoms with Gasteiger partial charge in [0.05, 0.1) is 10.6 Å². The molecule has 4 aromatic carbocycles. The molecule has 4 aromatic rings. The summed E-state index contributed by atoms with van der Waals surface area (Å²) in [7, 11) is -3.71. The van der Waals surface area contributed by atoms with Gasteiger partial charge in [0.1, 0.15) is 5.82 Å². The Morgan fingerprint density at radius 1 is 0.765 bits per heavy atom. The fraction of sp³-hybridized carbons (Fsp3) is 0.0385. The molecule has 0 saturated carbocycles. The van der Waals surface area contributed by atoms with Gasteiger partial charge in [-0.2, -0.15) is 0 Å². The minimum absolute atomic E-state index is 0.134. The smallest absolute Gasteiger partial charge is 0.308 e. The Hall–Kier alpha value is -3.68. The van der Waals surface area contributed by atoms with E-state index in [1.54, 1.807) is 66.7 Å². The lowest BCUT2D eigenvalue weighted by Gasteiger charge is -2.11. The molecule has 5 nitrogen and oxygen atoms in total. The third kappa shape index (κ3) is 5.81. The van der Waals surface area contributed by atoms with E-state index in [1.165, 1.54) is 24.3 Å². The van der Waals surface area contributed by atoms with Gasteiger partial charge < -0.3 is 10.6 Å². The first-order chi connectivity index (χ1) is 16.3. The van der Waals surface area contributed by atoms with Gasteiger partial charge >= 0.3 is 6.03 Å². The van der Waals surface area contributed by atoms with Crippen molar-refractivity contribution in [1.82, 2.24) is 0 Å². The van der Waals surface area contributed by atoms with E-state index in [-0.39, 0.29) is 21.5 Å². The number of rotatable bonds is 6. The third-order valence-electron chi connectivity index (χ3n) is 5.06. The first kappa shape index (κ1) is 23.5. The maximum Gasteiger partial charge on any atom is 0.323 e. The van der Waals surface area contributed by atoms with Crippen molar-refractivity contribution in [1.29, 1.82) is 0 Å². The van der Waals surface area contributed by atoms with Crippen molar-refractivity contribution in [2.45, 2.75) is 10.6 Å². The Morgan fingerprint density at radius 3 is 2.18 bits per heavy atom. The molecule has 0 heterocycles. The van der Waals surface area contributed by atoms with Crippen LogP contribution in [0.15, 0.2) is 102 Å². The summed E-state index contributed by atoms with van der Waals surface area (Å²) in [6.45, 7) is 0. The molecule has 2 amide bonds. The standard InChI is InChI=1S/C26H20ClFN2O3S/c27-25-16-23(30-26(31)29-22-6-2-1-3-7-22)14-11-20(25)17-34(32,33)24-8-4-5-19(15-24)18-9-12-21(28)13-10-18/h1-16H,17H2,(H2,29,30,31). The summed E-state index contributed by atoms with van der Waals surface area (Å²) in [4.78, 5) is 12.3. The van der Waals surface area contributed by atoms with E-state index in [9.17, 15) is 17.6 Å². The summed E-state index contributed by atoms with van der Waals surface area (Å²) >= 11 is 6.34. The molecule has 0 aliphatic rings. The number of sulfone groups is 1. The van der Waals surface area contributed by atoms with Crippen LogP contribution in [0.2, 0.25) is 5.02 Å². The Labute approximate surface area is 202 Å². The Kier molecular flexibility index (Phi) is 6.95. The van der Waals surface area contributed by atoms with Crippen LogP contribution < -0.4 is 10.6 Å². The number of benzene rings is 4. The molecule has 0 aliphatic heterocycles. The van der Waals surface area contributed by atoms with E-state index in [2.05, 4.69) is 10.6 Å². The SMILES string of the molecule is O=C(Nc1ccccc1)Nc1ccc(CS(=O)(=O)c2cccc(-c3ccc(F)cc3)c2)c(Cl)c1. The molecule has 0 radical (unpaired) electrons. The number of nitrogens with one attached hydrogen (secondary N) is 2. The van der Waals surface area contributed by atoms with Crippen molar-refractivity contribution in [3.05, 3.63) is 113 Å². The van der Waals surface area contributed by atoms with Crippen LogP contribution in [0.5, 0.6) is 0 Å². The summed E-state index contributed by atoms with van der Waals surface area (Å²) in [6.07, 6.45) is 0. The second-order valence-electron chi connectivity index (χ2n) is 7.55. The molecule has 0 saturated heterocycles. The number of amides is 2. The van der Waals surface area contributed by atoms with E-state index in [1.807, 2.05) is 6.07 Å². The highest BCUT2D eigenvalue weighted by Crippen LogP contribution is 2.28. The van der Waals surface area contributed by atoms with Crippen LogP contribution in [0.4, 0.5) is 20.6 Å². The lowest BCUT2D eigenvalue weighted by Crippen LogP contribution is -2.19. The first-order valence-corrected chi connectivity index (χ1v) is 12.3. The summed E-state index contributed by atoms with van der Waals surface area (Å²) in [5.74, 6) is -0.674.